The molecule has 0 N–H and O–H groups in total. The molecule has 0 saturated heterocycles. The largest absolute Gasteiger partial charge is 0.258 e. The number of rotatable bonds is 2. The van der Waals surface area contributed by atoms with Crippen molar-refractivity contribution in [1.29, 1.82) is 0 Å². The molecule has 0 fully saturated rings. The van der Waals surface area contributed by atoms with Gasteiger partial charge in [0.15, 0.2) is 0 Å². The average Bonchev–Trinajstić information content (AvgIpc) is 2.28. The Morgan fingerprint density at radius 3 is 1.83 bits per heavy atom. The minimum Gasteiger partial charge on any atom is -0.258 e. The fourth-order valence-corrected chi connectivity index (χ4v) is 3.22. The van der Waals surface area contributed by atoms with Gasteiger partial charge in [-0.3, -0.25) is 4.98 Å². The Balaban J connectivity index is 2.57. The van der Waals surface area contributed by atoms with E-state index in [0.717, 1.165) is 5.56 Å². The van der Waals surface area contributed by atoms with Gasteiger partial charge in [-0.25, -0.2) is 8.42 Å². The molecular weight excluding hydrogens is 246 g/mol. The van der Waals surface area contributed by atoms with Crippen molar-refractivity contribution >= 4 is 9.84 Å². The maximum Gasteiger partial charge on any atom is 0.206 e. The summed E-state index contributed by atoms with van der Waals surface area (Å²) in [6.07, 6.45) is 0. The van der Waals surface area contributed by atoms with Crippen LogP contribution in [0.15, 0.2) is 46.2 Å². The van der Waals surface area contributed by atoms with E-state index >= 15 is 0 Å². The lowest BCUT2D eigenvalue weighted by Gasteiger charge is -2.07. The Morgan fingerprint density at radius 2 is 1.33 bits per heavy atom. The zero-order valence-corrected chi connectivity index (χ0v) is 11.5. The molecule has 1 heterocycles. The predicted octanol–water partition coefficient (Wildman–Crippen LogP) is 2.84. The Kier molecular flexibility index (Phi) is 3.22. The van der Waals surface area contributed by atoms with Crippen LogP contribution >= 0.6 is 0 Å². The molecule has 94 valence electrons. The van der Waals surface area contributed by atoms with Gasteiger partial charge in [0.25, 0.3) is 0 Å². The summed E-state index contributed by atoms with van der Waals surface area (Å²) in [5.41, 5.74) is 2.46. The first kappa shape index (κ1) is 12.8. The first-order valence-electron chi connectivity index (χ1n) is 5.66. The number of sulfone groups is 1. The van der Waals surface area contributed by atoms with Crippen molar-refractivity contribution in [3.63, 3.8) is 0 Å². The SMILES string of the molecule is Cc1ccc(S(=O)(=O)c2cc(C)nc(C)c2)cc1. The lowest BCUT2D eigenvalue weighted by atomic mass is 10.2. The molecule has 0 saturated carbocycles. The highest BCUT2D eigenvalue weighted by Crippen LogP contribution is 2.22. The molecule has 1 aromatic carbocycles. The van der Waals surface area contributed by atoms with Crippen LogP contribution in [0.25, 0.3) is 0 Å². The second-order valence-electron chi connectivity index (χ2n) is 4.40. The van der Waals surface area contributed by atoms with Crippen molar-refractivity contribution < 1.29 is 8.42 Å². The zero-order chi connectivity index (χ0) is 13.3. The number of pyridine rings is 1. The van der Waals surface area contributed by atoms with Gasteiger partial charge in [-0.2, -0.15) is 0 Å². The third-order valence-corrected chi connectivity index (χ3v) is 4.45. The lowest BCUT2D eigenvalue weighted by Crippen LogP contribution is -2.04. The van der Waals surface area contributed by atoms with Gasteiger partial charge in [-0.05, 0) is 45.0 Å². The second kappa shape index (κ2) is 4.53. The standard InChI is InChI=1S/C14H15NO2S/c1-10-4-6-13(7-5-10)18(16,17)14-8-11(2)15-12(3)9-14/h4-9H,1-3H3. The summed E-state index contributed by atoms with van der Waals surface area (Å²) in [6.45, 7) is 5.51. The number of aromatic nitrogens is 1. The van der Waals surface area contributed by atoms with Crippen LogP contribution in [0.5, 0.6) is 0 Å². The highest BCUT2D eigenvalue weighted by Gasteiger charge is 2.18. The monoisotopic (exact) mass is 261 g/mol. The number of hydrogen-bond acceptors (Lipinski definition) is 3. The summed E-state index contributed by atoms with van der Waals surface area (Å²) in [5, 5.41) is 0. The Bertz CT molecular complexity index is 653. The van der Waals surface area contributed by atoms with Crippen LogP contribution in [0, 0.1) is 20.8 Å². The number of hydrogen-bond donors (Lipinski definition) is 0. The van der Waals surface area contributed by atoms with E-state index < -0.39 is 9.84 Å². The first-order valence-corrected chi connectivity index (χ1v) is 7.15. The van der Waals surface area contributed by atoms with E-state index in [9.17, 15) is 8.42 Å². The van der Waals surface area contributed by atoms with E-state index in [1.54, 1.807) is 50.2 Å². The highest BCUT2D eigenvalue weighted by molar-refractivity contribution is 7.91. The zero-order valence-electron chi connectivity index (χ0n) is 10.6. The molecule has 2 rings (SSSR count). The van der Waals surface area contributed by atoms with Crippen molar-refractivity contribution in [3.8, 4) is 0 Å². The Hall–Kier alpha value is -1.68. The Morgan fingerprint density at radius 1 is 0.833 bits per heavy atom. The van der Waals surface area contributed by atoms with Gasteiger partial charge < -0.3 is 0 Å². The van der Waals surface area contributed by atoms with Crippen LogP contribution < -0.4 is 0 Å². The third kappa shape index (κ3) is 2.43. The van der Waals surface area contributed by atoms with Gasteiger partial charge in [-0.1, -0.05) is 17.7 Å². The van der Waals surface area contributed by atoms with Crippen LogP contribution in [0.2, 0.25) is 0 Å². The van der Waals surface area contributed by atoms with Gasteiger partial charge >= 0.3 is 0 Å². The molecule has 0 amide bonds. The molecule has 0 atom stereocenters. The molecular formula is C14H15NO2S. The molecule has 1 aromatic heterocycles. The van der Waals surface area contributed by atoms with Crippen molar-refractivity contribution in [2.45, 2.75) is 30.6 Å². The van der Waals surface area contributed by atoms with Gasteiger partial charge in [0, 0.05) is 11.4 Å². The van der Waals surface area contributed by atoms with Gasteiger partial charge in [0.2, 0.25) is 9.84 Å². The van der Waals surface area contributed by atoms with Crippen LogP contribution in [0.3, 0.4) is 0 Å². The van der Waals surface area contributed by atoms with Crippen molar-refractivity contribution in [3.05, 3.63) is 53.3 Å². The highest BCUT2D eigenvalue weighted by atomic mass is 32.2. The number of aryl methyl sites for hydroxylation is 3. The predicted molar refractivity (Wildman–Crippen MR) is 70.3 cm³/mol. The molecule has 0 spiro atoms. The maximum atomic E-state index is 12.4. The minimum absolute atomic E-state index is 0.302. The minimum atomic E-state index is -3.44. The molecule has 0 bridgehead atoms. The number of benzene rings is 1. The van der Waals surface area contributed by atoms with Crippen molar-refractivity contribution in [2.75, 3.05) is 0 Å². The van der Waals surface area contributed by atoms with Crippen LogP contribution in [-0.4, -0.2) is 13.4 Å². The summed E-state index contributed by atoms with van der Waals surface area (Å²) in [5.74, 6) is 0. The normalized spacial score (nSPS) is 11.5. The van der Waals surface area contributed by atoms with Gasteiger partial charge in [-0.15, -0.1) is 0 Å². The smallest absolute Gasteiger partial charge is 0.206 e. The molecule has 2 aromatic rings. The molecule has 0 aliphatic heterocycles. The molecule has 4 heteroatoms. The van der Waals surface area contributed by atoms with E-state index in [1.807, 2.05) is 6.92 Å². The molecule has 0 unspecified atom stereocenters. The van der Waals surface area contributed by atoms with E-state index in [4.69, 9.17) is 0 Å². The summed E-state index contributed by atoms with van der Waals surface area (Å²) in [7, 11) is -3.44. The molecule has 3 nitrogen and oxygen atoms in total. The summed E-state index contributed by atoms with van der Waals surface area (Å²) < 4.78 is 24.8. The molecule has 0 aliphatic carbocycles. The summed E-state index contributed by atoms with van der Waals surface area (Å²) >= 11 is 0. The summed E-state index contributed by atoms with van der Waals surface area (Å²) in [6, 6.07) is 10.1. The lowest BCUT2D eigenvalue weighted by molar-refractivity contribution is 0.595. The van der Waals surface area contributed by atoms with Crippen molar-refractivity contribution in [1.82, 2.24) is 4.98 Å². The molecule has 18 heavy (non-hydrogen) atoms. The van der Waals surface area contributed by atoms with E-state index in [-0.39, 0.29) is 0 Å². The Labute approximate surface area is 107 Å². The topological polar surface area (TPSA) is 47.0 Å². The van der Waals surface area contributed by atoms with E-state index in [1.165, 1.54) is 0 Å². The average molecular weight is 261 g/mol. The van der Waals surface area contributed by atoms with E-state index in [0.29, 0.717) is 21.2 Å². The van der Waals surface area contributed by atoms with Gasteiger partial charge in [0.1, 0.15) is 0 Å². The fraction of sp³-hybridized carbons (Fsp3) is 0.214. The van der Waals surface area contributed by atoms with Crippen LogP contribution in [-0.2, 0) is 9.84 Å². The quantitative estimate of drug-likeness (QED) is 0.835. The third-order valence-electron chi connectivity index (χ3n) is 2.70. The second-order valence-corrected chi connectivity index (χ2v) is 6.35. The fourth-order valence-electron chi connectivity index (χ4n) is 1.80. The van der Waals surface area contributed by atoms with Crippen LogP contribution in [0.1, 0.15) is 17.0 Å². The maximum absolute atomic E-state index is 12.4. The molecule has 0 radical (unpaired) electrons. The van der Waals surface area contributed by atoms with E-state index in [2.05, 4.69) is 4.98 Å². The number of nitrogens with zero attached hydrogens (tertiary/aromatic N) is 1. The van der Waals surface area contributed by atoms with Gasteiger partial charge in [0.05, 0.1) is 9.79 Å². The first-order chi connectivity index (χ1) is 8.39. The summed E-state index contributed by atoms with van der Waals surface area (Å²) in [4.78, 5) is 4.81. The van der Waals surface area contributed by atoms with Crippen LogP contribution in [0.4, 0.5) is 0 Å². The van der Waals surface area contributed by atoms with Crippen molar-refractivity contribution in [2.24, 2.45) is 0 Å². The molecule has 0 aliphatic rings.